The van der Waals surface area contributed by atoms with Crippen LogP contribution in [0.3, 0.4) is 0 Å². The van der Waals surface area contributed by atoms with Crippen molar-refractivity contribution in [2.75, 3.05) is 19.7 Å². The Hall–Kier alpha value is -0.470. The lowest BCUT2D eigenvalue weighted by atomic mass is 10.0. The highest BCUT2D eigenvalue weighted by atomic mass is 79.9. The maximum Gasteiger partial charge on any atom is 0.279 e. The summed E-state index contributed by atoms with van der Waals surface area (Å²) in [5, 5.41) is 9.17. The number of halogens is 1. The molecule has 2 N–H and O–H groups in total. The molecule has 1 fully saturated rings. The summed E-state index contributed by atoms with van der Waals surface area (Å²) < 4.78 is 29.4. The molecule has 7 heteroatoms. The van der Waals surface area contributed by atoms with Crippen LogP contribution in [0.4, 0.5) is 0 Å². The number of nitrogens with zero attached hydrogens (tertiary/aromatic N) is 1. The van der Waals surface area contributed by atoms with Gasteiger partial charge in [-0.05, 0) is 30.4 Å². The van der Waals surface area contributed by atoms with Crippen LogP contribution >= 0.6 is 15.9 Å². The first-order valence-electron chi connectivity index (χ1n) is 6.62. The largest absolute Gasteiger partial charge is 0.396 e. The van der Waals surface area contributed by atoms with Crippen molar-refractivity contribution in [3.63, 3.8) is 0 Å². The number of nitrogens with one attached hydrogen (secondary N) is 1. The number of hydrogen-bond donors (Lipinski definition) is 2. The van der Waals surface area contributed by atoms with E-state index < -0.39 is 10.2 Å². The standard InChI is InChI=1S/C13H19BrN2O3S/c14-13-6-2-1-5-12(13)8-15-20(18,19)16-7-3-4-11(9-16)10-17/h1-2,5-6,11,15,17H,3-4,7-10H2. The molecule has 112 valence electrons. The number of aliphatic hydroxyl groups excluding tert-OH is 1. The highest BCUT2D eigenvalue weighted by molar-refractivity contribution is 9.10. The zero-order chi connectivity index (χ0) is 14.6. The van der Waals surface area contributed by atoms with E-state index in [1.165, 1.54) is 4.31 Å². The molecular formula is C13H19BrN2O3S. The maximum absolute atomic E-state index is 12.2. The average molecular weight is 363 g/mol. The van der Waals surface area contributed by atoms with Crippen LogP contribution in [0.5, 0.6) is 0 Å². The molecule has 1 aromatic rings. The van der Waals surface area contributed by atoms with E-state index in [2.05, 4.69) is 20.7 Å². The quantitative estimate of drug-likeness (QED) is 0.833. The molecule has 0 aromatic heterocycles. The van der Waals surface area contributed by atoms with Gasteiger partial charge in [-0.1, -0.05) is 34.1 Å². The van der Waals surface area contributed by atoms with Crippen molar-refractivity contribution in [3.05, 3.63) is 34.3 Å². The number of rotatable bonds is 5. The lowest BCUT2D eigenvalue weighted by molar-refractivity contribution is 0.164. The Labute approximate surface area is 128 Å². The molecule has 1 saturated heterocycles. The predicted molar refractivity (Wildman–Crippen MR) is 81.3 cm³/mol. The Morgan fingerprint density at radius 1 is 1.40 bits per heavy atom. The number of aliphatic hydroxyl groups is 1. The molecular weight excluding hydrogens is 344 g/mol. The Morgan fingerprint density at radius 3 is 2.85 bits per heavy atom. The highest BCUT2D eigenvalue weighted by Gasteiger charge is 2.28. The van der Waals surface area contributed by atoms with Crippen molar-refractivity contribution in [2.24, 2.45) is 5.92 Å². The van der Waals surface area contributed by atoms with Crippen LogP contribution in [-0.4, -0.2) is 37.5 Å². The van der Waals surface area contributed by atoms with Crippen LogP contribution in [0.15, 0.2) is 28.7 Å². The van der Waals surface area contributed by atoms with E-state index in [4.69, 9.17) is 0 Å². The molecule has 1 aromatic carbocycles. The molecule has 1 unspecified atom stereocenters. The summed E-state index contributed by atoms with van der Waals surface area (Å²) in [6, 6.07) is 7.52. The van der Waals surface area contributed by atoms with Gasteiger partial charge in [0.15, 0.2) is 0 Å². The van der Waals surface area contributed by atoms with Gasteiger partial charge in [-0.15, -0.1) is 0 Å². The Kier molecular flexibility index (Phi) is 5.57. The summed E-state index contributed by atoms with van der Waals surface area (Å²) in [6.07, 6.45) is 1.67. The third-order valence-electron chi connectivity index (χ3n) is 3.48. The van der Waals surface area contributed by atoms with E-state index in [1.807, 2.05) is 24.3 Å². The first kappa shape index (κ1) is 15.9. The first-order chi connectivity index (χ1) is 9.53. The van der Waals surface area contributed by atoms with Crippen molar-refractivity contribution in [3.8, 4) is 0 Å². The third-order valence-corrected chi connectivity index (χ3v) is 5.78. The van der Waals surface area contributed by atoms with Gasteiger partial charge in [0.2, 0.25) is 0 Å². The molecule has 0 aliphatic carbocycles. The Balaban J connectivity index is 1.99. The van der Waals surface area contributed by atoms with Crippen LogP contribution in [0.25, 0.3) is 0 Å². The second-order valence-electron chi connectivity index (χ2n) is 4.97. The summed E-state index contributed by atoms with van der Waals surface area (Å²) in [5.74, 6) is 0.0452. The predicted octanol–water partition coefficient (Wildman–Crippen LogP) is 1.49. The van der Waals surface area contributed by atoms with Crippen LogP contribution < -0.4 is 4.72 Å². The smallest absolute Gasteiger partial charge is 0.279 e. The van der Waals surface area contributed by atoms with Crippen molar-refractivity contribution in [1.29, 1.82) is 0 Å². The van der Waals surface area contributed by atoms with Gasteiger partial charge in [-0.2, -0.15) is 17.4 Å². The number of benzene rings is 1. The van der Waals surface area contributed by atoms with Crippen molar-refractivity contribution >= 4 is 26.1 Å². The first-order valence-corrected chi connectivity index (χ1v) is 8.85. The van der Waals surface area contributed by atoms with Gasteiger partial charge >= 0.3 is 0 Å². The van der Waals surface area contributed by atoms with E-state index >= 15 is 0 Å². The van der Waals surface area contributed by atoms with E-state index in [9.17, 15) is 13.5 Å². The van der Waals surface area contributed by atoms with E-state index in [1.54, 1.807) is 0 Å². The summed E-state index contributed by atoms with van der Waals surface area (Å²) in [4.78, 5) is 0. The van der Waals surface area contributed by atoms with Gasteiger partial charge < -0.3 is 5.11 Å². The van der Waals surface area contributed by atoms with Gasteiger partial charge in [-0.3, -0.25) is 0 Å². The monoisotopic (exact) mass is 362 g/mol. The molecule has 0 amide bonds. The van der Waals surface area contributed by atoms with E-state index in [0.717, 1.165) is 22.9 Å². The number of hydrogen-bond acceptors (Lipinski definition) is 3. The van der Waals surface area contributed by atoms with E-state index in [-0.39, 0.29) is 19.1 Å². The maximum atomic E-state index is 12.2. The highest BCUT2D eigenvalue weighted by Crippen LogP contribution is 2.19. The van der Waals surface area contributed by atoms with Gasteiger partial charge in [0.05, 0.1) is 0 Å². The molecule has 1 atom stereocenters. The van der Waals surface area contributed by atoms with Crippen LogP contribution in [0, 0.1) is 5.92 Å². The van der Waals surface area contributed by atoms with Crippen molar-refractivity contribution in [2.45, 2.75) is 19.4 Å². The zero-order valence-electron chi connectivity index (χ0n) is 11.1. The topological polar surface area (TPSA) is 69.6 Å². The van der Waals surface area contributed by atoms with Crippen LogP contribution in [-0.2, 0) is 16.8 Å². The SMILES string of the molecule is O=S(=O)(NCc1ccccc1Br)N1CCCC(CO)C1. The zero-order valence-corrected chi connectivity index (χ0v) is 13.5. The fourth-order valence-electron chi connectivity index (χ4n) is 2.30. The molecule has 0 saturated carbocycles. The summed E-state index contributed by atoms with van der Waals surface area (Å²) in [5.41, 5.74) is 0.895. The van der Waals surface area contributed by atoms with Gasteiger partial charge in [-0.25, -0.2) is 0 Å². The average Bonchev–Trinajstić information content (AvgIpc) is 2.46. The van der Waals surface area contributed by atoms with Crippen LogP contribution in [0.1, 0.15) is 18.4 Å². The molecule has 0 spiro atoms. The second-order valence-corrected chi connectivity index (χ2v) is 7.58. The summed E-state index contributed by atoms with van der Waals surface area (Å²) in [6.45, 7) is 1.20. The Bertz CT molecular complexity index is 550. The minimum atomic E-state index is -3.49. The van der Waals surface area contributed by atoms with Crippen molar-refractivity contribution in [1.82, 2.24) is 9.03 Å². The molecule has 2 rings (SSSR count). The lowest BCUT2D eigenvalue weighted by Crippen LogP contribution is -2.46. The minimum Gasteiger partial charge on any atom is -0.396 e. The normalized spacial score (nSPS) is 21.0. The van der Waals surface area contributed by atoms with Gasteiger partial charge in [0, 0.05) is 30.7 Å². The van der Waals surface area contributed by atoms with E-state index in [0.29, 0.717) is 13.1 Å². The molecule has 0 bridgehead atoms. The lowest BCUT2D eigenvalue weighted by Gasteiger charge is -2.30. The number of piperidine rings is 1. The minimum absolute atomic E-state index is 0.0379. The van der Waals surface area contributed by atoms with Crippen LogP contribution in [0.2, 0.25) is 0 Å². The second kappa shape index (κ2) is 7.00. The molecule has 1 aliphatic rings. The van der Waals surface area contributed by atoms with Gasteiger partial charge in [0.25, 0.3) is 10.2 Å². The fourth-order valence-corrected chi connectivity index (χ4v) is 4.02. The molecule has 5 nitrogen and oxygen atoms in total. The fraction of sp³-hybridized carbons (Fsp3) is 0.538. The summed E-state index contributed by atoms with van der Waals surface area (Å²) in [7, 11) is -3.49. The Morgan fingerprint density at radius 2 is 2.15 bits per heavy atom. The molecule has 0 radical (unpaired) electrons. The van der Waals surface area contributed by atoms with Crippen molar-refractivity contribution < 1.29 is 13.5 Å². The molecule has 1 heterocycles. The molecule has 1 aliphatic heterocycles. The van der Waals surface area contributed by atoms with Gasteiger partial charge in [0.1, 0.15) is 0 Å². The third kappa shape index (κ3) is 4.02. The summed E-state index contributed by atoms with van der Waals surface area (Å²) >= 11 is 3.40. The molecule has 20 heavy (non-hydrogen) atoms.